The van der Waals surface area contributed by atoms with Crippen LogP contribution < -0.4 is 0 Å². The fourth-order valence-corrected chi connectivity index (χ4v) is 4.45. The van der Waals surface area contributed by atoms with Gasteiger partial charge in [0.05, 0.1) is 5.76 Å². The Hall–Kier alpha value is -1.07. The number of carbonyl (C=O) groups is 1. The number of ether oxygens (including phenoxy) is 1. The zero-order chi connectivity index (χ0) is 21.9. The molecule has 0 amide bonds. The topological polar surface area (TPSA) is 70.3 Å². The molecule has 0 aromatic heterocycles. The van der Waals surface area contributed by atoms with E-state index < -0.39 is 5.41 Å². The van der Waals surface area contributed by atoms with E-state index in [1.54, 1.807) is 6.92 Å². The summed E-state index contributed by atoms with van der Waals surface area (Å²) in [6.07, 6.45) is 4.74. The molecule has 2 rings (SSSR count). The number of rotatable bonds is 6. The zero-order valence-corrected chi connectivity index (χ0v) is 22.4. The summed E-state index contributed by atoms with van der Waals surface area (Å²) in [4.78, 5) is 12.5. The largest absolute Gasteiger partial charge is 2.00 e. The second-order valence-electron chi connectivity index (χ2n) is 10.0. The van der Waals surface area contributed by atoms with E-state index in [0.717, 1.165) is 25.2 Å². The van der Waals surface area contributed by atoms with Gasteiger partial charge in [-0.25, -0.2) is 5.26 Å². The summed E-state index contributed by atoms with van der Waals surface area (Å²) in [6.45, 7) is 19.9. The summed E-state index contributed by atoms with van der Waals surface area (Å²) < 4.78 is 5.88. The third-order valence-corrected chi connectivity index (χ3v) is 7.52. The minimum absolute atomic E-state index is 0. The maximum atomic E-state index is 12.5. The molecular formula is C24H39NO3W. The van der Waals surface area contributed by atoms with Crippen molar-refractivity contribution in [2.45, 2.75) is 93.6 Å². The predicted octanol–water partition coefficient (Wildman–Crippen LogP) is 6.34. The number of carbonyl (C=O) groups excluding carboxylic acids is 1. The Labute approximate surface area is 192 Å². The molecule has 2 saturated carbocycles. The molecule has 1 N–H and O–H groups in total. The minimum Gasteiger partial charge on any atom is -0.512 e. The smallest absolute Gasteiger partial charge is 0.512 e. The molecule has 4 nitrogen and oxygen atoms in total. The van der Waals surface area contributed by atoms with Gasteiger partial charge in [-0.05, 0) is 36.0 Å². The van der Waals surface area contributed by atoms with Crippen LogP contribution in [-0.2, 0) is 30.6 Å². The van der Waals surface area contributed by atoms with Crippen molar-refractivity contribution in [2.75, 3.05) is 0 Å². The Kier molecular flexibility index (Phi) is 9.92. The molecule has 29 heavy (non-hydrogen) atoms. The zero-order valence-electron chi connectivity index (χ0n) is 19.5. The molecule has 2 aliphatic carbocycles. The molecule has 3 unspecified atom stereocenters. The second-order valence-corrected chi connectivity index (χ2v) is 10.0. The standard InChI is InChI=1S/C19H31O3.C5H8N.W/c1-12(11-17(3,4)13(2)20)16(21)22-15-10-14-8-9-19(15,7)18(14,5)6;1-3-5(2)4-6;/h14-15,20H,2,8-11H2,1,3-7H3;3H2,1-2H3;/q2*-1;+2. The van der Waals surface area contributed by atoms with Crippen LogP contribution in [0.1, 0.15) is 87.5 Å². The van der Waals surface area contributed by atoms with E-state index >= 15 is 0 Å². The fourth-order valence-electron chi connectivity index (χ4n) is 4.45. The van der Waals surface area contributed by atoms with Gasteiger partial charge in [-0.2, -0.15) is 20.3 Å². The molecule has 0 aliphatic heterocycles. The quantitative estimate of drug-likeness (QED) is 0.229. The Morgan fingerprint density at radius 2 is 1.90 bits per heavy atom. The number of esters is 1. The molecule has 0 spiro atoms. The van der Waals surface area contributed by atoms with Crippen LogP contribution in [0.4, 0.5) is 0 Å². The molecule has 2 aliphatic rings. The molecule has 0 radical (unpaired) electrons. The number of nitrogens with zero attached hydrogens (tertiary/aromatic N) is 1. The fraction of sp³-hybridized carbons (Fsp3) is 0.750. The maximum absolute atomic E-state index is 12.5. The summed E-state index contributed by atoms with van der Waals surface area (Å²) in [6, 6.07) is 2.03. The van der Waals surface area contributed by atoms with Gasteiger partial charge in [0.25, 0.3) is 0 Å². The van der Waals surface area contributed by atoms with Gasteiger partial charge >= 0.3 is 21.1 Å². The normalized spacial score (nSPS) is 26.3. The predicted molar refractivity (Wildman–Crippen MR) is 113 cm³/mol. The number of nitriles is 1. The van der Waals surface area contributed by atoms with Gasteiger partial charge in [-0.3, -0.25) is 16.6 Å². The van der Waals surface area contributed by atoms with E-state index in [1.807, 2.05) is 33.8 Å². The van der Waals surface area contributed by atoms with E-state index in [4.69, 9.17) is 10.00 Å². The summed E-state index contributed by atoms with van der Waals surface area (Å²) in [5.41, 5.74) is -0.171. The molecule has 0 aromatic carbocycles. The summed E-state index contributed by atoms with van der Waals surface area (Å²) in [5.74, 6) is 2.10. The van der Waals surface area contributed by atoms with Gasteiger partial charge in [0.1, 0.15) is 6.10 Å². The second kappa shape index (κ2) is 10.3. The van der Waals surface area contributed by atoms with Crippen molar-refractivity contribution < 1.29 is 35.7 Å². The first-order valence-corrected chi connectivity index (χ1v) is 10.4. The van der Waals surface area contributed by atoms with E-state index in [1.165, 1.54) is 6.42 Å². The van der Waals surface area contributed by atoms with E-state index in [0.29, 0.717) is 18.3 Å². The number of fused-ring (bicyclic) bond motifs is 2. The monoisotopic (exact) mass is 573 g/mol. The molecular weight excluding hydrogens is 534 g/mol. The molecule has 2 fully saturated rings. The Morgan fingerprint density at radius 1 is 1.34 bits per heavy atom. The van der Waals surface area contributed by atoms with E-state index in [2.05, 4.69) is 27.4 Å². The van der Waals surface area contributed by atoms with Crippen molar-refractivity contribution in [3.8, 4) is 6.07 Å². The van der Waals surface area contributed by atoms with Crippen molar-refractivity contribution in [1.29, 1.82) is 5.26 Å². The number of hydrogen-bond acceptors (Lipinski definition) is 4. The Balaban J connectivity index is 0.000000981. The third kappa shape index (κ3) is 5.97. The SMILES string of the molecule is C=C(O)C(C)(C)C[C-](C)C(=O)OC1CC2CCC1(C)C2(C)C.CC[C-](C)C#N.[W+2]. The molecule has 3 atom stereocenters. The number of aliphatic hydroxyl groups is 1. The van der Waals surface area contributed by atoms with Crippen LogP contribution >= 0.6 is 0 Å². The molecule has 0 saturated heterocycles. The van der Waals surface area contributed by atoms with Crippen LogP contribution in [0.3, 0.4) is 0 Å². The van der Waals surface area contributed by atoms with Gasteiger partial charge in [0.15, 0.2) is 5.97 Å². The maximum Gasteiger partial charge on any atom is 2.00 e. The van der Waals surface area contributed by atoms with Crippen LogP contribution in [0, 0.1) is 45.3 Å². The molecule has 5 heteroatoms. The van der Waals surface area contributed by atoms with Gasteiger partial charge in [0, 0.05) is 5.41 Å². The molecule has 0 heterocycles. The average Bonchev–Trinajstić information content (AvgIpc) is 2.94. The van der Waals surface area contributed by atoms with Crippen molar-refractivity contribution in [3.05, 3.63) is 24.2 Å². The summed E-state index contributed by atoms with van der Waals surface area (Å²) in [7, 11) is 0. The van der Waals surface area contributed by atoms with Gasteiger partial charge in [0.2, 0.25) is 0 Å². The number of aliphatic hydroxyl groups excluding tert-OH is 1. The molecule has 0 aromatic rings. The van der Waals surface area contributed by atoms with E-state index in [9.17, 15) is 9.90 Å². The van der Waals surface area contributed by atoms with Crippen molar-refractivity contribution in [3.63, 3.8) is 0 Å². The van der Waals surface area contributed by atoms with Crippen LogP contribution in [0.25, 0.3) is 0 Å². The van der Waals surface area contributed by atoms with Crippen molar-refractivity contribution in [2.24, 2.45) is 22.2 Å². The van der Waals surface area contributed by atoms with Crippen LogP contribution in [0.5, 0.6) is 0 Å². The number of hydrogen-bond donors (Lipinski definition) is 1. The van der Waals surface area contributed by atoms with Crippen molar-refractivity contribution >= 4 is 5.97 Å². The van der Waals surface area contributed by atoms with Gasteiger partial charge in [-0.1, -0.05) is 48.1 Å². The first-order valence-electron chi connectivity index (χ1n) is 10.4. The van der Waals surface area contributed by atoms with Crippen LogP contribution in [0.2, 0.25) is 0 Å². The summed E-state index contributed by atoms with van der Waals surface area (Å²) in [5, 5.41) is 17.7. The van der Waals surface area contributed by atoms with Crippen LogP contribution in [-0.4, -0.2) is 17.2 Å². The van der Waals surface area contributed by atoms with Crippen LogP contribution in [0.15, 0.2) is 12.3 Å². The minimum atomic E-state index is -0.499. The Bertz CT molecular complexity index is 622. The third-order valence-electron chi connectivity index (χ3n) is 7.52. The van der Waals surface area contributed by atoms with Gasteiger partial charge < -0.3 is 9.84 Å². The molecule has 164 valence electrons. The first-order chi connectivity index (χ1) is 12.7. The number of allylic oxidation sites excluding steroid dienone is 1. The van der Waals surface area contributed by atoms with E-state index in [-0.39, 0.29) is 49.7 Å². The average molecular weight is 573 g/mol. The molecule has 2 bridgehead atoms. The van der Waals surface area contributed by atoms with Gasteiger partial charge in [-0.15, -0.1) is 12.5 Å². The summed E-state index contributed by atoms with van der Waals surface area (Å²) >= 11 is 0. The first kappa shape index (κ1) is 27.9. The Morgan fingerprint density at radius 3 is 2.21 bits per heavy atom. The van der Waals surface area contributed by atoms with Crippen molar-refractivity contribution in [1.82, 2.24) is 0 Å².